The van der Waals surface area contributed by atoms with Gasteiger partial charge in [0.2, 0.25) is 0 Å². The quantitative estimate of drug-likeness (QED) is 0.822. The lowest BCUT2D eigenvalue weighted by Crippen LogP contribution is -2.35. The molecule has 0 amide bonds. The fraction of sp³-hybridized carbons (Fsp3) is 0.538. The van der Waals surface area contributed by atoms with Crippen LogP contribution >= 0.6 is 15.9 Å². The van der Waals surface area contributed by atoms with Crippen molar-refractivity contribution in [3.05, 3.63) is 34.3 Å². The van der Waals surface area contributed by atoms with Crippen molar-refractivity contribution in [1.29, 1.82) is 0 Å². The average molecular weight is 266 g/mol. The molecule has 1 spiro atoms. The van der Waals surface area contributed by atoms with Gasteiger partial charge in [-0.2, -0.15) is 0 Å². The minimum Gasteiger partial charge on any atom is -0.316 e. The Morgan fingerprint density at radius 2 is 1.93 bits per heavy atom. The zero-order valence-corrected chi connectivity index (χ0v) is 10.4. The van der Waals surface area contributed by atoms with Gasteiger partial charge in [0.05, 0.1) is 0 Å². The summed E-state index contributed by atoms with van der Waals surface area (Å²) in [4.78, 5) is 0. The molecule has 1 saturated carbocycles. The van der Waals surface area contributed by atoms with Crippen molar-refractivity contribution >= 4 is 15.9 Å². The van der Waals surface area contributed by atoms with E-state index >= 15 is 0 Å². The second-order valence-corrected chi connectivity index (χ2v) is 5.87. The molecule has 2 heteroatoms. The molecule has 2 fully saturated rings. The van der Waals surface area contributed by atoms with Crippen molar-refractivity contribution < 1.29 is 0 Å². The molecule has 1 aromatic rings. The molecule has 1 atom stereocenters. The first-order chi connectivity index (χ1) is 7.30. The van der Waals surface area contributed by atoms with Crippen LogP contribution in [0.25, 0.3) is 0 Å². The van der Waals surface area contributed by atoms with Gasteiger partial charge in [0, 0.05) is 23.5 Å². The summed E-state index contributed by atoms with van der Waals surface area (Å²) in [5, 5.41) is 3.57. The van der Waals surface area contributed by atoms with E-state index < -0.39 is 0 Å². The summed E-state index contributed by atoms with van der Waals surface area (Å²) >= 11 is 3.50. The van der Waals surface area contributed by atoms with Gasteiger partial charge in [0.25, 0.3) is 0 Å². The third-order valence-corrected chi connectivity index (χ3v) is 4.72. The summed E-state index contributed by atoms with van der Waals surface area (Å²) in [6.45, 7) is 2.40. The smallest absolute Gasteiger partial charge is 0.0175 e. The van der Waals surface area contributed by atoms with Gasteiger partial charge in [0.15, 0.2) is 0 Å². The van der Waals surface area contributed by atoms with E-state index in [0.717, 1.165) is 5.92 Å². The average Bonchev–Trinajstić information content (AvgIpc) is 2.62. The van der Waals surface area contributed by atoms with E-state index in [4.69, 9.17) is 0 Å². The number of halogens is 1. The Balaban J connectivity index is 1.90. The molecule has 0 aromatic heterocycles. The highest BCUT2D eigenvalue weighted by Gasteiger charge is 2.47. The van der Waals surface area contributed by atoms with Gasteiger partial charge >= 0.3 is 0 Å². The summed E-state index contributed by atoms with van der Waals surface area (Å²) in [6, 6.07) is 8.89. The Kier molecular flexibility index (Phi) is 2.37. The number of hydrogen-bond acceptors (Lipinski definition) is 1. The summed E-state index contributed by atoms with van der Waals surface area (Å²) in [5.41, 5.74) is 2.12. The molecular weight excluding hydrogens is 250 g/mol. The number of nitrogens with one attached hydrogen (secondary N) is 1. The normalized spacial score (nSPS) is 27.9. The highest BCUT2D eigenvalue weighted by molar-refractivity contribution is 9.10. The number of rotatable bonds is 1. The van der Waals surface area contributed by atoms with Crippen LogP contribution < -0.4 is 5.32 Å². The monoisotopic (exact) mass is 265 g/mol. The van der Waals surface area contributed by atoms with Crippen LogP contribution in [-0.4, -0.2) is 13.1 Å². The number of hydrogen-bond donors (Lipinski definition) is 1. The lowest BCUT2D eigenvalue weighted by Gasteiger charge is -2.43. The molecular formula is C13H16BrN. The molecule has 0 unspecified atom stereocenters. The molecule has 1 aromatic carbocycles. The summed E-state index contributed by atoms with van der Waals surface area (Å²) in [6.07, 6.45) is 4.26. The van der Waals surface area contributed by atoms with Crippen LogP contribution in [-0.2, 0) is 0 Å². The van der Waals surface area contributed by atoms with Gasteiger partial charge in [-0.05, 0) is 36.0 Å². The Morgan fingerprint density at radius 1 is 1.20 bits per heavy atom. The van der Waals surface area contributed by atoms with Gasteiger partial charge in [-0.3, -0.25) is 0 Å². The zero-order valence-electron chi connectivity index (χ0n) is 8.80. The van der Waals surface area contributed by atoms with Gasteiger partial charge in [-0.1, -0.05) is 34.5 Å². The van der Waals surface area contributed by atoms with Crippen molar-refractivity contribution in [3.63, 3.8) is 0 Å². The Morgan fingerprint density at radius 3 is 2.53 bits per heavy atom. The van der Waals surface area contributed by atoms with Gasteiger partial charge in [-0.15, -0.1) is 0 Å². The maximum Gasteiger partial charge on any atom is 0.0175 e. The van der Waals surface area contributed by atoms with E-state index in [-0.39, 0.29) is 0 Å². The minimum absolute atomic E-state index is 0.605. The van der Waals surface area contributed by atoms with Crippen LogP contribution in [0.15, 0.2) is 28.7 Å². The van der Waals surface area contributed by atoms with Crippen molar-refractivity contribution in [2.75, 3.05) is 13.1 Å². The molecule has 80 valence electrons. The highest BCUT2D eigenvalue weighted by atomic mass is 79.9. The fourth-order valence-corrected chi connectivity index (χ4v) is 3.39. The predicted molar refractivity (Wildman–Crippen MR) is 66.0 cm³/mol. The molecule has 3 rings (SSSR count). The van der Waals surface area contributed by atoms with Gasteiger partial charge in [-0.25, -0.2) is 0 Å². The van der Waals surface area contributed by atoms with Gasteiger partial charge in [0.1, 0.15) is 0 Å². The van der Waals surface area contributed by atoms with Crippen molar-refractivity contribution in [2.24, 2.45) is 5.41 Å². The third kappa shape index (κ3) is 1.55. The molecule has 0 radical (unpaired) electrons. The molecule has 2 aliphatic rings. The van der Waals surface area contributed by atoms with E-state index in [9.17, 15) is 0 Å². The molecule has 1 heterocycles. The van der Waals surface area contributed by atoms with Crippen molar-refractivity contribution in [3.8, 4) is 0 Å². The lowest BCUT2D eigenvalue weighted by molar-refractivity contribution is 0.137. The van der Waals surface area contributed by atoms with E-state index in [1.165, 1.54) is 42.4 Å². The van der Waals surface area contributed by atoms with Crippen molar-refractivity contribution in [2.45, 2.75) is 25.2 Å². The highest BCUT2D eigenvalue weighted by Crippen LogP contribution is 2.53. The zero-order chi connectivity index (χ0) is 10.3. The summed E-state index contributed by atoms with van der Waals surface area (Å²) in [5.74, 6) is 0.749. The van der Waals surface area contributed by atoms with E-state index in [1.54, 1.807) is 0 Å². The second kappa shape index (κ2) is 3.60. The van der Waals surface area contributed by atoms with E-state index in [0.29, 0.717) is 5.41 Å². The molecule has 1 aliphatic carbocycles. The molecule has 1 saturated heterocycles. The SMILES string of the molecule is Brc1ccc([C@H]2CNCC23CCC3)cc1. The van der Waals surface area contributed by atoms with Crippen molar-refractivity contribution in [1.82, 2.24) is 5.32 Å². The molecule has 1 aliphatic heterocycles. The Hall–Kier alpha value is -0.340. The minimum atomic E-state index is 0.605. The third-order valence-electron chi connectivity index (χ3n) is 4.19. The second-order valence-electron chi connectivity index (χ2n) is 4.95. The van der Waals surface area contributed by atoms with E-state index in [1.807, 2.05) is 0 Å². The predicted octanol–water partition coefficient (Wildman–Crippen LogP) is 3.31. The first kappa shape index (κ1) is 9.86. The standard InChI is InChI=1S/C13H16BrN/c14-11-4-2-10(3-5-11)12-8-15-9-13(12)6-1-7-13/h2-5,12,15H,1,6-9H2/t12-/m1/s1. The van der Waals surface area contributed by atoms with Crippen LogP contribution in [0, 0.1) is 5.41 Å². The van der Waals surface area contributed by atoms with Gasteiger partial charge < -0.3 is 5.32 Å². The molecule has 15 heavy (non-hydrogen) atoms. The maximum absolute atomic E-state index is 3.57. The molecule has 1 nitrogen and oxygen atoms in total. The Labute approximate surface area is 99.4 Å². The number of benzene rings is 1. The first-order valence-electron chi connectivity index (χ1n) is 5.76. The summed E-state index contributed by atoms with van der Waals surface area (Å²) in [7, 11) is 0. The van der Waals surface area contributed by atoms with Crippen LogP contribution in [0.2, 0.25) is 0 Å². The lowest BCUT2D eigenvalue weighted by atomic mass is 9.61. The first-order valence-corrected chi connectivity index (χ1v) is 6.56. The summed E-state index contributed by atoms with van der Waals surface area (Å²) < 4.78 is 1.18. The van der Waals surface area contributed by atoms with Crippen LogP contribution in [0.3, 0.4) is 0 Å². The van der Waals surface area contributed by atoms with Crippen LogP contribution in [0.1, 0.15) is 30.7 Å². The van der Waals surface area contributed by atoms with Crippen LogP contribution in [0.5, 0.6) is 0 Å². The topological polar surface area (TPSA) is 12.0 Å². The van der Waals surface area contributed by atoms with Crippen LogP contribution in [0.4, 0.5) is 0 Å². The molecule has 1 N–H and O–H groups in total. The molecule has 0 bridgehead atoms. The maximum atomic E-state index is 3.57. The Bertz CT molecular complexity index is 353. The largest absolute Gasteiger partial charge is 0.316 e. The van der Waals surface area contributed by atoms with E-state index in [2.05, 4.69) is 45.5 Å². The fourth-order valence-electron chi connectivity index (χ4n) is 3.13.